The second kappa shape index (κ2) is 9.08. The first-order valence-electron chi connectivity index (χ1n) is 11.7. The molecule has 5 aromatic rings. The van der Waals surface area contributed by atoms with Crippen molar-refractivity contribution in [1.82, 2.24) is 0 Å². The summed E-state index contributed by atoms with van der Waals surface area (Å²) >= 11 is 0. The topological polar surface area (TPSA) is 44.8 Å². The molecule has 0 amide bonds. The summed E-state index contributed by atoms with van der Waals surface area (Å²) in [5.74, 6) is 2.56. The zero-order valence-electron chi connectivity index (χ0n) is 19.3. The Labute approximate surface area is 209 Å². The van der Waals surface area contributed by atoms with E-state index in [1.54, 1.807) is 6.07 Å². The van der Waals surface area contributed by atoms with E-state index in [1.165, 1.54) is 0 Å². The predicted molar refractivity (Wildman–Crippen MR) is 138 cm³/mol. The van der Waals surface area contributed by atoms with Crippen LogP contribution in [0.4, 0.5) is 0 Å². The number of ether oxygens (including phenoxy) is 3. The lowest BCUT2D eigenvalue weighted by atomic mass is 9.80. The van der Waals surface area contributed by atoms with Gasteiger partial charge in [-0.1, -0.05) is 78.9 Å². The summed E-state index contributed by atoms with van der Waals surface area (Å²) in [4.78, 5) is 13.0. The number of hydrogen-bond acceptors (Lipinski definition) is 4. The highest BCUT2D eigenvalue weighted by atomic mass is 16.6. The number of carbonyl (C=O) groups excluding carboxylic acids is 1. The summed E-state index contributed by atoms with van der Waals surface area (Å²) in [6.45, 7) is 0. The number of cyclic esters (lactones) is 1. The molecule has 0 N–H and O–H groups in total. The van der Waals surface area contributed by atoms with Crippen molar-refractivity contribution in [2.75, 3.05) is 0 Å². The fourth-order valence-corrected chi connectivity index (χ4v) is 4.58. The van der Waals surface area contributed by atoms with Crippen molar-refractivity contribution in [3.05, 3.63) is 156 Å². The molecule has 0 fully saturated rings. The normalized spacial score (nSPS) is 13.5. The molecule has 0 saturated carbocycles. The van der Waals surface area contributed by atoms with E-state index in [4.69, 9.17) is 14.2 Å². The van der Waals surface area contributed by atoms with Crippen LogP contribution in [0.15, 0.2) is 133 Å². The van der Waals surface area contributed by atoms with Crippen LogP contribution in [-0.4, -0.2) is 5.97 Å². The monoisotopic (exact) mass is 470 g/mol. The zero-order chi connectivity index (χ0) is 24.4. The van der Waals surface area contributed by atoms with Crippen LogP contribution >= 0.6 is 0 Å². The second-order valence-corrected chi connectivity index (χ2v) is 8.50. The van der Waals surface area contributed by atoms with Gasteiger partial charge >= 0.3 is 5.97 Å². The highest BCUT2D eigenvalue weighted by molar-refractivity contribution is 5.96. The first kappa shape index (κ1) is 21.7. The van der Waals surface area contributed by atoms with Gasteiger partial charge < -0.3 is 14.2 Å². The molecule has 0 spiro atoms. The van der Waals surface area contributed by atoms with Crippen LogP contribution in [0, 0.1) is 0 Å². The maximum absolute atomic E-state index is 13.0. The molecule has 1 aliphatic heterocycles. The van der Waals surface area contributed by atoms with Crippen LogP contribution in [0.5, 0.6) is 23.0 Å². The van der Waals surface area contributed by atoms with Crippen LogP contribution in [0.3, 0.4) is 0 Å². The van der Waals surface area contributed by atoms with Gasteiger partial charge in [0.2, 0.25) is 0 Å². The van der Waals surface area contributed by atoms with Crippen LogP contribution in [0.1, 0.15) is 27.0 Å². The van der Waals surface area contributed by atoms with Crippen LogP contribution in [0.2, 0.25) is 0 Å². The summed E-state index contributed by atoms with van der Waals surface area (Å²) in [7, 11) is 0. The number of rotatable bonds is 6. The van der Waals surface area contributed by atoms with E-state index in [-0.39, 0.29) is 5.97 Å². The van der Waals surface area contributed by atoms with Crippen LogP contribution in [-0.2, 0) is 10.3 Å². The van der Waals surface area contributed by atoms with E-state index in [2.05, 4.69) is 0 Å². The van der Waals surface area contributed by atoms with Gasteiger partial charge in [0.25, 0.3) is 0 Å². The second-order valence-electron chi connectivity index (χ2n) is 8.50. The summed E-state index contributed by atoms with van der Waals surface area (Å²) in [5.41, 5.74) is 1.95. The Morgan fingerprint density at radius 3 is 1.39 bits per heavy atom. The number of carbonyl (C=O) groups is 1. The minimum atomic E-state index is -1.08. The maximum atomic E-state index is 13.0. The molecule has 0 bridgehead atoms. The number of esters is 1. The van der Waals surface area contributed by atoms with Crippen LogP contribution in [0.25, 0.3) is 0 Å². The van der Waals surface area contributed by atoms with Crippen molar-refractivity contribution in [2.45, 2.75) is 5.60 Å². The van der Waals surface area contributed by atoms with Crippen molar-refractivity contribution in [2.24, 2.45) is 0 Å². The molecule has 1 heterocycles. The Balaban J connectivity index is 1.39. The predicted octanol–water partition coefficient (Wildman–Crippen LogP) is 7.73. The highest BCUT2D eigenvalue weighted by Crippen LogP contribution is 2.47. The van der Waals surface area contributed by atoms with E-state index in [0.29, 0.717) is 17.1 Å². The fraction of sp³-hybridized carbons (Fsp3) is 0.0312. The molecular formula is C32H22O4. The number of hydrogen-bond donors (Lipinski definition) is 0. The molecule has 0 atom stereocenters. The number of fused-ring (bicyclic) bond motifs is 1. The molecule has 0 radical (unpaired) electrons. The van der Waals surface area contributed by atoms with Crippen molar-refractivity contribution < 1.29 is 19.0 Å². The van der Waals surface area contributed by atoms with Gasteiger partial charge in [-0.05, 0) is 54.6 Å². The van der Waals surface area contributed by atoms with Gasteiger partial charge in [-0.2, -0.15) is 0 Å². The number of para-hydroxylation sites is 2. The van der Waals surface area contributed by atoms with Crippen molar-refractivity contribution in [3.8, 4) is 23.0 Å². The lowest BCUT2D eigenvalue weighted by Gasteiger charge is -2.30. The first-order chi connectivity index (χ1) is 17.7. The summed E-state index contributed by atoms with van der Waals surface area (Å²) in [5, 5.41) is 0. The Morgan fingerprint density at radius 1 is 0.472 bits per heavy atom. The largest absolute Gasteiger partial charge is 0.457 e. The van der Waals surface area contributed by atoms with E-state index in [9.17, 15) is 4.79 Å². The molecule has 4 heteroatoms. The molecule has 0 aromatic heterocycles. The quantitative estimate of drug-likeness (QED) is 0.238. The molecule has 5 aromatic carbocycles. The fourth-order valence-electron chi connectivity index (χ4n) is 4.58. The summed E-state index contributed by atoms with van der Waals surface area (Å²) < 4.78 is 18.1. The van der Waals surface area contributed by atoms with Crippen LogP contribution < -0.4 is 9.47 Å². The summed E-state index contributed by atoms with van der Waals surface area (Å²) in [6.07, 6.45) is 0. The molecule has 6 rings (SSSR count). The Morgan fingerprint density at radius 2 is 0.889 bits per heavy atom. The zero-order valence-corrected chi connectivity index (χ0v) is 19.3. The molecule has 0 unspecified atom stereocenters. The van der Waals surface area contributed by atoms with Gasteiger partial charge in [-0.3, -0.25) is 0 Å². The Hall–Kier alpha value is -4.83. The molecule has 0 saturated heterocycles. The molecule has 0 aliphatic carbocycles. The van der Waals surface area contributed by atoms with Gasteiger partial charge in [0.05, 0.1) is 5.56 Å². The van der Waals surface area contributed by atoms with E-state index in [0.717, 1.165) is 28.2 Å². The van der Waals surface area contributed by atoms with Gasteiger partial charge in [-0.15, -0.1) is 0 Å². The molecule has 4 nitrogen and oxygen atoms in total. The smallest absolute Gasteiger partial charge is 0.340 e. The van der Waals surface area contributed by atoms with Crippen molar-refractivity contribution in [3.63, 3.8) is 0 Å². The molecule has 1 aliphatic rings. The highest BCUT2D eigenvalue weighted by Gasteiger charge is 2.48. The Kier molecular flexibility index (Phi) is 5.47. The minimum Gasteiger partial charge on any atom is -0.457 e. The molecule has 174 valence electrons. The van der Waals surface area contributed by atoms with Crippen molar-refractivity contribution >= 4 is 5.97 Å². The third-order valence-electron chi connectivity index (χ3n) is 6.25. The lowest BCUT2D eigenvalue weighted by Crippen LogP contribution is -2.29. The van der Waals surface area contributed by atoms with E-state index in [1.807, 2.05) is 127 Å². The average molecular weight is 471 g/mol. The standard InChI is InChI=1S/C32H22O4/c33-31-29-13-7-8-14-30(29)32(36-31,23-15-19-27(20-16-23)34-25-9-3-1-4-10-25)24-17-21-28(22-18-24)35-26-11-5-2-6-12-26/h1-22H. The minimum absolute atomic E-state index is 0.347. The Bertz CT molecular complexity index is 1410. The average Bonchev–Trinajstić information content (AvgIpc) is 3.24. The summed E-state index contributed by atoms with van der Waals surface area (Å²) in [6, 6.07) is 42.1. The van der Waals surface area contributed by atoms with E-state index >= 15 is 0 Å². The maximum Gasteiger partial charge on any atom is 0.340 e. The third-order valence-corrected chi connectivity index (χ3v) is 6.25. The third kappa shape index (κ3) is 3.89. The molecular weight excluding hydrogens is 448 g/mol. The molecule has 36 heavy (non-hydrogen) atoms. The van der Waals surface area contributed by atoms with Gasteiger partial charge in [0.15, 0.2) is 5.60 Å². The van der Waals surface area contributed by atoms with Gasteiger partial charge in [0.1, 0.15) is 23.0 Å². The van der Waals surface area contributed by atoms with Gasteiger partial charge in [-0.25, -0.2) is 4.79 Å². The SMILES string of the molecule is O=C1OC(c2ccc(Oc3ccccc3)cc2)(c2ccc(Oc3ccccc3)cc2)c2ccccc21. The van der Waals surface area contributed by atoms with Gasteiger partial charge in [0, 0.05) is 16.7 Å². The first-order valence-corrected chi connectivity index (χ1v) is 11.7. The lowest BCUT2D eigenvalue weighted by molar-refractivity contribution is 0.0251. The number of benzene rings is 5. The van der Waals surface area contributed by atoms with E-state index < -0.39 is 5.60 Å². The van der Waals surface area contributed by atoms with Crippen molar-refractivity contribution in [1.29, 1.82) is 0 Å².